The Labute approximate surface area is 137 Å². The number of aliphatic hydroxyl groups is 1. The molecule has 0 aromatic heterocycles. The molecule has 0 bridgehead atoms. The van der Waals surface area contributed by atoms with Crippen molar-refractivity contribution in [1.29, 1.82) is 0 Å². The van der Waals surface area contributed by atoms with Crippen LogP contribution in [0.4, 0.5) is 10.5 Å². The van der Waals surface area contributed by atoms with Crippen molar-refractivity contribution >= 4 is 11.7 Å². The van der Waals surface area contributed by atoms with E-state index in [1.807, 2.05) is 18.2 Å². The number of nitrogens with one attached hydrogen (secondary N) is 1. The van der Waals surface area contributed by atoms with Crippen molar-refractivity contribution < 1.29 is 14.6 Å². The summed E-state index contributed by atoms with van der Waals surface area (Å²) in [5.41, 5.74) is 1.50. The molecule has 2 amide bonds. The van der Waals surface area contributed by atoms with E-state index in [0.29, 0.717) is 26.1 Å². The number of nitrogens with zero attached hydrogens (tertiary/aromatic N) is 2. The molecule has 2 aliphatic heterocycles. The van der Waals surface area contributed by atoms with Crippen molar-refractivity contribution in [3.05, 3.63) is 29.8 Å². The van der Waals surface area contributed by atoms with Crippen molar-refractivity contribution in [3.8, 4) is 0 Å². The third-order valence-electron chi connectivity index (χ3n) is 4.51. The number of urea groups is 1. The fourth-order valence-electron chi connectivity index (χ4n) is 3.17. The number of benzene rings is 1. The summed E-state index contributed by atoms with van der Waals surface area (Å²) in [5.74, 6) is 0. The summed E-state index contributed by atoms with van der Waals surface area (Å²) in [7, 11) is 0. The van der Waals surface area contributed by atoms with Crippen molar-refractivity contribution in [2.75, 3.05) is 44.3 Å². The van der Waals surface area contributed by atoms with Gasteiger partial charge in [-0.3, -0.25) is 0 Å². The summed E-state index contributed by atoms with van der Waals surface area (Å²) < 4.78 is 5.40. The number of amides is 2. The molecule has 126 valence electrons. The third kappa shape index (κ3) is 3.95. The van der Waals surface area contributed by atoms with Gasteiger partial charge in [-0.1, -0.05) is 18.2 Å². The summed E-state index contributed by atoms with van der Waals surface area (Å²) in [6, 6.07) is 8.04. The molecule has 0 spiro atoms. The van der Waals surface area contributed by atoms with E-state index in [4.69, 9.17) is 4.74 Å². The van der Waals surface area contributed by atoms with Gasteiger partial charge >= 0.3 is 6.03 Å². The largest absolute Gasteiger partial charge is 0.388 e. The molecule has 1 aromatic carbocycles. The molecule has 0 aliphatic carbocycles. The molecule has 1 atom stereocenters. The van der Waals surface area contributed by atoms with Gasteiger partial charge in [0, 0.05) is 31.9 Å². The molecule has 0 saturated carbocycles. The first kappa shape index (κ1) is 16.1. The first-order chi connectivity index (χ1) is 11.1. The van der Waals surface area contributed by atoms with Crippen LogP contribution in [-0.2, 0) is 11.3 Å². The molecule has 2 N–H and O–H groups in total. The van der Waals surface area contributed by atoms with Gasteiger partial charge in [0.1, 0.15) is 0 Å². The lowest BCUT2D eigenvalue weighted by molar-refractivity contribution is 0.0719. The van der Waals surface area contributed by atoms with Crippen molar-refractivity contribution in [2.24, 2.45) is 0 Å². The van der Waals surface area contributed by atoms with Gasteiger partial charge in [0.2, 0.25) is 0 Å². The first-order valence-electron chi connectivity index (χ1n) is 8.21. The number of rotatable bonds is 3. The fourth-order valence-corrected chi connectivity index (χ4v) is 3.17. The Kier molecular flexibility index (Phi) is 4.73. The molecule has 3 rings (SSSR count). The lowest BCUT2D eigenvalue weighted by atomic mass is 10.1. The smallest absolute Gasteiger partial charge is 0.317 e. The van der Waals surface area contributed by atoms with E-state index in [-0.39, 0.29) is 6.03 Å². The van der Waals surface area contributed by atoms with Crippen LogP contribution < -0.4 is 10.2 Å². The highest BCUT2D eigenvalue weighted by Crippen LogP contribution is 2.22. The van der Waals surface area contributed by atoms with Crippen LogP contribution in [0, 0.1) is 0 Å². The number of anilines is 1. The number of hydrogen-bond acceptors (Lipinski definition) is 4. The number of carbonyl (C=O) groups is 1. The maximum Gasteiger partial charge on any atom is 0.317 e. The van der Waals surface area contributed by atoms with Crippen molar-refractivity contribution in [2.45, 2.75) is 25.5 Å². The highest BCUT2D eigenvalue weighted by molar-refractivity contribution is 5.75. The quantitative estimate of drug-likeness (QED) is 0.878. The molecule has 2 aliphatic rings. The normalized spacial score (nSPS) is 24.8. The highest BCUT2D eigenvalue weighted by Gasteiger charge is 2.33. The lowest BCUT2D eigenvalue weighted by Gasteiger charge is -2.30. The molecule has 23 heavy (non-hydrogen) atoms. The van der Waals surface area contributed by atoms with Gasteiger partial charge < -0.3 is 25.0 Å². The van der Waals surface area contributed by atoms with E-state index in [0.717, 1.165) is 37.6 Å². The Balaban J connectivity index is 1.61. The van der Waals surface area contributed by atoms with Crippen LogP contribution in [0.15, 0.2) is 24.3 Å². The van der Waals surface area contributed by atoms with Gasteiger partial charge in [-0.05, 0) is 25.0 Å². The van der Waals surface area contributed by atoms with Gasteiger partial charge in [0.25, 0.3) is 0 Å². The first-order valence-corrected chi connectivity index (χ1v) is 8.21. The van der Waals surface area contributed by atoms with Crippen LogP contribution in [0.5, 0.6) is 0 Å². The lowest BCUT2D eigenvalue weighted by Crippen LogP contribution is -2.41. The maximum absolute atomic E-state index is 12.3. The molecule has 6 heteroatoms. The summed E-state index contributed by atoms with van der Waals surface area (Å²) in [6.07, 6.45) is 0.630. The van der Waals surface area contributed by atoms with Crippen LogP contribution in [0.1, 0.15) is 18.9 Å². The summed E-state index contributed by atoms with van der Waals surface area (Å²) in [5, 5.41) is 12.9. The van der Waals surface area contributed by atoms with E-state index >= 15 is 0 Å². The molecule has 1 unspecified atom stereocenters. The Morgan fingerprint density at radius 1 is 1.30 bits per heavy atom. The second-order valence-electron chi connectivity index (χ2n) is 6.56. The van der Waals surface area contributed by atoms with Crippen molar-refractivity contribution in [3.63, 3.8) is 0 Å². The fraction of sp³-hybridized carbons (Fsp3) is 0.588. The molecule has 2 heterocycles. The minimum absolute atomic E-state index is 0.112. The van der Waals surface area contributed by atoms with E-state index in [9.17, 15) is 9.90 Å². The number of morpholine rings is 1. The minimum atomic E-state index is -0.761. The Hall–Kier alpha value is -1.79. The van der Waals surface area contributed by atoms with Crippen LogP contribution in [0.25, 0.3) is 0 Å². The van der Waals surface area contributed by atoms with E-state index < -0.39 is 5.60 Å². The number of β-amino-alcohol motifs (C(OH)–C–C–N with tert-alkyl or cyclic N) is 1. The number of para-hydroxylation sites is 1. The summed E-state index contributed by atoms with van der Waals surface area (Å²) >= 11 is 0. The second kappa shape index (κ2) is 6.76. The molecule has 1 aromatic rings. The Morgan fingerprint density at radius 3 is 2.74 bits per heavy atom. The average Bonchev–Trinajstić information content (AvgIpc) is 2.94. The van der Waals surface area contributed by atoms with Crippen LogP contribution in [-0.4, -0.2) is 61.0 Å². The molecule has 6 nitrogen and oxygen atoms in total. The highest BCUT2D eigenvalue weighted by atomic mass is 16.5. The predicted octanol–water partition coefficient (Wildman–Crippen LogP) is 1.19. The van der Waals surface area contributed by atoms with Gasteiger partial charge in [0.05, 0.1) is 25.4 Å². The molecular weight excluding hydrogens is 294 g/mol. The Morgan fingerprint density at radius 2 is 2.04 bits per heavy atom. The zero-order chi connectivity index (χ0) is 16.3. The summed E-state index contributed by atoms with van der Waals surface area (Å²) in [6.45, 7) is 6.49. The minimum Gasteiger partial charge on any atom is -0.388 e. The third-order valence-corrected chi connectivity index (χ3v) is 4.51. The second-order valence-corrected chi connectivity index (χ2v) is 6.56. The number of ether oxygens (including phenoxy) is 1. The maximum atomic E-state index is 12.3. The van der Waals surface area contributed by atoms with Gasteiger partial charge in [0.15, 0.2) is 0 Å². The number of carbonyl (C=O) groups excluding carboxylic acids is 1. The molecule has 2 fully saturated rings. The number of likely N-dealkylation sites (tertiary alicyclic amines) is 1. The number of hydrogen-bond donors (Lipinski definition) is 2. The van der Waals surface area contributed by atoms with Crippen LogP contribution in [0.2, 0.25) is 0 Å². The SMILES string of the molecule is CC1(O)CCN(C(=O)NCc2ccccc2N2CCOCC2)C1. The zero-order valence-corrected chi connectivity index (χ0v) is 13.6. The van der Waals surface area contributed by atoms with E-state index in [2.05, 4.69) is 16.3 Å². The Bertz CT molecular complexity index is 556. The standard InChI is InChI=1S/C17H25N3O3/c1-17(22)6-7-20(13-17)16(21)18-12-14-4-2-3-5-15(14)19-8-10-23-11-9-19/h2-5,22H,6-13H2,1H3,(H,18,21). The average molecular weight is 319 g/mol. The topological polar surface area (TPSA) is 65.0 Å². The van der Waals surface area contributed by atoms with E-state index in [1.165, 1.54) is 0 Å². The van der Waals surface area contributed by atoms with Gasteiger partial charge in [-0.2, -0.15) is 0 Å². The van der Waals surface area contributed by atoms with Gasteiger partial charge in [-0.25, -0.2) is 4.79 Å². The molecular formula is C17H25N3O3. The molecule has 0 radical (unpaired) electrons. The summed E-state index contributed by atoms with van der Waals surface area (Å²) in [4.78, 5) is 16.2. The molecule has 2 saturated heterocycles. The van der Waals surface area contributed by atoms with Crippen molar-refractivity contribution in [1.82, 2.24) is 10.2 Å². The predicted molar refractivity (Wildman–Crippen MR) is 88.5 cm³/mol. The zero-order valence-electron chi connectivity index (χ0n) is 13.6. The van der Waals surface area contributed by atoms with Crippen LogP contribution in [0.3, 0.4) is 0 Å². The van der Waals surface area contributed by atoms with Crippen LogP contribution >= 0.6 is 0 Å². The monoisotopic (exact) mass is 319 g/mol. The van der Waals surface area contributed by atoms with E-state index in [1.54, 1.807) is 11.8 Å². The van der Waals surface area contributed by atoms with Gasteiger partial charge in [-0.15, -0.1) is 0 Å².